The Hall–Kier alpha value is -0.760. The van der Waals surface area contributed by atoms with Crippen molar-refractivity contribution in [3.8, 4) is 0 Å². The number of halogens is 1. The monoisotopic (exact) mass is 434 g/mol. The third-order valence-electron chi connectivity index (χ3n) is 4.83. The van der Waals surface area contributed by atoms with E-state index in [2.05, 4.69) is 17.6 Å². The molecule has 2 rings (SSSR count). The fraction of sp³-hybridized carbons (Fsp3) is 0.632. The highest BCUT2D eigenvalue weighted by Gasteiger charge is 2.28. The van der Waals surface area contributed by atoms with Crippen LogP contribution in [0.2, 0.25) is 0 Å². The van der Waals surface area contributed by atoms with Crippen molar-refractivity contribution >= 4 is 39.9 Å². The number of carbonyl (C=O) groups is 1. The predicted octanol–water partition coefficient (Wildman–Crippen LogP) is 3.28. The summed E-state index contributed by atoms with van der Waals surface area (Å²) in [4.78, 5) is 13.5. The van der Waals surface area contributed by atoms with Gasteiger partial charge in [0, 0.05) is 11.4 Å². The van der Waals surface area contributed by atoms with Crippen LogP contribution in [0.5, 0.6) is 0 Å². The van der Waals surface area contributed by atoms with E-state index in [-0.39, 0.29) is 34.7 Å². The molecule has 2 N–H and O–H groups in total. The zero-order valence-electron chi connectivity index (χ0n) is 16.3. The number of benzene rings is 1. The Morgan fingerprint density at radius 3 is 2.56 bits per heavy atom. The quantitative estimate of drug-likeness (QED) is 0.614. The average Bonchev–Trinajstić information content (AvgIpc) is 2.60. The Kier molecular flexibility index (Phi) is 9.62. The number of hydrogen-bond donors (Lipinski definition) is 2. The lowest BCUT2D eigenvalue weighted by Crippen LogP contribution is -2.44. The molecule has 0 saturated carbocycles. The molecular weight excluding hydrogens is 404 g/mol. The van der Waals surface area contributed by atoms with Crippen molar-refractivity contribution in [3.05, 3.63) is 24.3 Å². The summed E-state index contributed by atoms with van der Waals surface area (Å²) in [5.41, 5.74) is 0.133. The van der Waals surface area contributed by atoms with Gasteiger partial charge in [0.05, 0.1) is 15.9 Å². The summed E-state index contributed by atoms with van der Waals surface area (Å²) in [6, 6.07) is 6.96. The maximum Gasteiger partial charge on any atom is 0.233 e. The summed E-state index contributed by atoms with van der Waals surface area (Å²) in [5, 5.41) is 6.05. The maximum absolute atomic E-state index is 12.5. The summed E-state index contributed by atoms with van der Waals surface area (Å²) in [6.45, 7) is 8.52. The molecule has 1 fully saturated rings. The molecule has 0 bridgehead atoms. The number of hydrogen-bond acceptors (Lipinski definition) is 5. The molecular formula is C19H31ClN2O3S2. The Labute approximate surface area is 173 Å². The van der Waals surface area contributed by atoms with Gasteiger partial charge in [-0.3, -0.25) is 4.79 Å². The molecule has 1 aromatic carbocycles. The number of rotatable bonds is 8. The van der Waals surface area contributed by atoms with Crippen LogP contribution in [0, 0.1) is 5.41 Å². The third kappa shape index (κ3) is 6.97. The summed E-state index contributed by atoms with van der Waals surface area (Å²) < 4.78 is 24.9. The minimum absolute atomic E-state index is 0. The van der Waals surface area contributed by atoms with Gasteiger partial charge in [0.2, 0.25) is 5.91 Å². The molecule has 27 heavy (non-hydrogen) atoms. The number of piperidine rings is 1. The van der Waals surface area contributed by atoms with Crippen LogP contribution in [-0.2, 0) is 14.6 Å². The lowest BCUT2D eigenvalue weighted by molar-refractivity contribution is -0.120. The minimum Gasteiger partial charge on any atom is -0.355 e. The van der Waals surface area contributed by atoms with E-state index in [0.717, 1.165) is 25.9 Å². The van der Waals surface area contributed by atoms with Gasteiger partial charge >= 0.3 is 0 Å². The fourth-order valence-electron chi connectivity index (χ4n) is 3.08. The largest absolute Gasteiger partial charge is 0.355 e. The summed E-state index contributed by atoms with van der Waals surface area (Å²) in [5.74, 6) is 0.0785. The first kappa shape index (κ1) is 24.3. The van der Waals surface area contributed by atoms with E-state index in [1.807, 2.05) is 19.9 Å². The van der Waals surface area contributed by atoms with Gasteiger partial charge in [-0.05, 0) is 56.8 Å². The summed E-state index contributed by atoms with van der Waals surface area (Å²) in [6.07, 6.45) is 2.67. The van der Waals surface area contributed by atoms with E-state index in [1.165, 1.54) is 11.8 Å². The first-order valence-electron chi connectivity index (χ1n) is 9.24. The minimum atomic E-state index is -3.31. The molecule has 1 unspecified atom stereocenters. The van der Waals surface area contributed by atoms with E-state index >= 15 is 0 Å². The van der Waals surface area contributed by atoms with Crippen LogP contribution in [-0.4, -0.2) is 45.0 Å². The van der Waals surface area contributed by atoms with Crippen molar-refractivity contribution in [1.29, 1.82) is 0 Å². The van der Waals surface area contributed by atoms with Gasteiger partial charge in [-0.2, -0.15) is 0 Å². The second-order valence-electron chi connectivity index (χ2n) is 7.30. The van der Waals surface area contributed by atoms with Crippen molar-refractivity contribution in [2.24, 2.45) is 5.41 Å². The SMILES string of the molecule is CCCS(=O)(=O)c1ccccc1SC(C)C(=O)NCC1(C)CCNCC1.Cl. The summed E-state index contributed by atoms with van der Waals surface area (Å²) >= 11 is 1.31. The molecule has 1 saturated heterocycles. The van der Waals surface area contributed by atoms with Crippen molar-refractivity contribution in [1.82, 2.24) is 10.6 Å². The molecule has 0 aliphatic carbocycles. The lowest BCUT2D eigenvalue weighted by atomic mass is 9.81. The van der Waals surface area contributed by atoms with Gasteiger partial charge in [-0.25, -0.2) is 8.42 Å². The van der Waals surface area contributed by atoms with Crippen molar-refractivity contribution in [2.45, 2.75) is 55.1 Å². The van der Waals surface area contributed by atoms with Crippen LogP contribution in [0.15, 0.2) is 34.1 Å². The molecule has 1 atom stereocenters. The fourth-order valence-corrected chi connectivity index (χ4v) is 5.93. The highest BCUT2D eigenvalue weighted by Crippen LogP contribution is 2.31. The van der Waals surface area contributed by atoms with E-state index in [0.29, 0.717) is 22.8 Å². The van der Waals surface area contributed by atoms with Crippen molar-refractivity contribution < 1.29 is 13.2 Å². The average molecular weight is 435 g/mol. The standard InChI is InChI=1S/C19H30N2O3S2.ClH/c1-4-13-26(23,24)17-8-6-5-7-16(17)25-15(2)18(22)21-14-19(3)9-11-20-12-10-19;/h5-8,15,20H,4,9-14H2,1-3H3,(H,21,22);1H. The van der Waals surface area contributed by atoms with Crippen LogP contribution >= 0.6 is 24.2 Å². The Morgan fingerprint density at radius 2 is 1.93 bits per heavy atom. The number of thioether (sulfide) groups is 1. The molecule has 1 aliphatic rings. The normalized spacial score (nSPS) is 17.6. The molecule has 0 aromatic heterocycles. The lowest BCUT2D eigenvalue weighted by Gasteiger charge is -2.34. The van der Waals surface area contributed by atoms with Crippen LogP contribution in [0.25, 0.3) is 0 Å². The first-order chi connectivity index (χ1) is 12.3. The van der Waals surface area contributed by atoms with E-state index in [1.54, 1.807) is 18.2 Å². The Balaban J connectivity index is 0.00000364. The van der Waals surface area contributed by atoms with Crippen LogP contribution in [0.3, 0.4) is 0 Å². The molecule has 154 valence electrons. The molecule has 1 aliphatic heterocycles. The summed E-state index contributed by atoms with van der Waals surface area (Å²) in [7, 11) is -3.31. The predicted molar refractivity (Wildman–Crippen MR) is 115 cm³/mol. The van der Waals surface area contributed by atoms with Gasteiger partial charge in [-0.1, -0.05) is 26.0 Å². The molecule has 0 spiro atoms. The number of carbonyl (C=O) groups excluding carboxylic acids is 1. The molecule has 0 radical (unpaired) electrons. The van der Waals surface area contributed by atoms with Crippen LogP contribution in [0.4, 0.5) is 0 Å². The van der Waals surface area contributed by atoms with Gasteiger partial charge < -0.3 is 10.6 Å². The van der Waals surface area contributed by atoms with Crippen molar-refractivity contribution in [2.75, 3.05) is 25.4 Å². The zero-order chi connectivity index (χ0) is 19.2. The highest BCUT2D eigenvalue weighted by molar-refractivity contribution is 8.01. The highest BCUT2D eigenvalue weighted by atomic mass is 35.5. The number of amides is 1. The van der Waals surface area contributed by atoms with Crippen LogP contribution < -0.4 is 10.6 Å². The van der Waals surface area contributed by atoms with Gasteiger partial charge in [0.15, 0.2) is 9.84 Å². The second kappa shape index (κ2) is 10.7. The number of nitrogens with one attached hydrogen (secondary N) is 2. The first-order valence-corrected chi connectivity index (χ1v) is 11.8. The molecule has 8 heteroatoms. The second-order valence-corrected chi connectivity index (χ2v) is 10.8. The number of sulfone groups is 1. The smallest absolute Gasteiger partial charge is 0.233 e. The topological polar surface area (TPSA) is 75.3 Å². The van der Waals surface area contributed by atoms with E-state index < -0.39 is 9.84 Å². The molecule has 1 heterocycles. The van der Waals surface area contributed by atoms with Gasteiger partial charge in [0.25, 0.3) is 0 Å². The van der Waals surface area contributed by atoms with Crippen LogP contribution in [0.1, 0.15) is 40.0 Å². The van der Waals surface area contributed by atoms with Gasteiger partial charge in [0.1, 0.15) is 0 Å². The van der Waals surface area contributed by atoms with E-state index in [4.69, 9.17) is 0 Å². The molecule has 1 aromatic rings. The zero-order valence-corrected chi connectivity index (χ0v) is 18.7. The Bertz CT molecular complexity index is 719. The maximum atomic E-state index is 12.5. The Morgan fingerprint density at radius 1 is 1.30 bits per heavy atom. The van der Waals surface area contributed by atoms with Gasteiger partial charge in [-0.15, -0.1) is 24.2 Å². The van der Waals surface area contributed by atoms with Crippen molar-refractivity contribution in [3.63, 3.8) is 0 Å². The molecule has 5 nitrogen and oxygen atoms in total. The van der Waals surface area contributed by atoms with E-state index in [9.17, 15) is 13.2 Å². The molecule has 1 amide bonds. The third-order valence-corrected chi connectivity index (χ3v) is 8.11.